The molecule has 0 bridgehead atoms. The van der Waals surface area contributed by atoms with E-state index in [2.05, 4.69) is 23.2 Å². The number of rotatable bonds is 3. The van der Waals surface area contributed by atoms with Crippen molar-refractivity contribution in [1.29, 1.82) is 0 Å². The molecule has 170 valence electrons. The number of ether oxygens (including phenoxy) is 1. The highest BCUT2D eigenvalue weighted by Gasteiger charge is 2.58. The highest BCUT2D eigenvalue weighted by molar-refractivity contribution is 5.76. The maximum atomic E-state index is 14.5. The van der Waals surface area contributed by atoms with Crippen molar-refractivity contribution in [2.45, 2.75) is 62.7 Å². The summed E-state index contributed by atoms with van der Waals surface area (Å²) < 4.78 is 19.9. The zero-order chi connectivity index (χ0) is 21.9. The molecule has 1 aliphatic heterocycles. The lowest BCUT2D eigenvalue weighted by Crippen LogP contribution is -2.45. The predicted molar refractivity (Wildman–Crippen MR) is 119 cm³/mol. The third kappa shape index (κ3) is 2.98. The van der Waals surface area contributed by atoms with Crippen LogP contribution in [0.3, 0.4) is 0 Å². The van der Waals surface area contributed by atoms with Crippen LogP contribution in [0.5, 0.6) is 0 Å². The van der Waals surface area contributed by atoms with Crippen molar-refractivity contribution in [3.05, 3.63) is 52.6 Å². The summed E-state index contributed by atoms with van der Waals surface area (Å²) >= 11 is 0. The number of hydrogen-bond donors (Lipinski definition) is 1. The Hall–Kier alpha value is -2.21. The lowest BCUT2D eigenvalue weighted by Gasteiger charge is -2.50. The van der Waals surface area contributed by atoms with Crippen LogP contribution >= 0.6 is 0 Å². The minimum atomic E-state index is -0.0391. The van der Waals surface area contributed by atoms with E-state index in [-0.39, 0.29) is 17.1 Å². The van der Waals surface area contributed by atoms with Gasteiger partial charge in [-0.25, -0.2) is 4.39 Å². The molecule has 3 aliphatic carbocycles. The van der Waals surface area contributed by atoms with E-state index in [4.69, 9.17) is 4.74 Å². The highest BCUT2D eigenvalue weighted by Crippen LogP contribution is 2.64. The molecule has 2 fully saturated rings. The normalized spacial score (nSPS) is 33.2. The highest BCUT2D eigenvalue weighted by atomic mass is 19.1. The van der Waals surface area contributed by atoms with Gasteiger partial charge < -0.3 is 9.64 Å². The molecule has 0 radical (unpaired) electrons. The van der Waals surface area contributed by atoms with E-state index >= 15 is 0 Å². The van der Waals surface area contributed by atoms with Gasteiger partial charge in [-0.1, -0.05) is 19.1 Å². The van der Waals surface area contributed by atoms with E-state index in [1.807, 2.05) is 17.2 Å². The summed E-state index contributed by atoms with van der Waals surface area (Å²) in [5.41, 5.74) is 4.84. The molecular weight excluding hydrogens is 405 g/mol. The Morgan fingerprint density at radius 2 is 2.12 bits per heavy atom. The zero-order valence-electron chi connectivity index (χ0n) is 18.8. The van der Waals surface area contributed by atoms with Crippen LogP contribution in [-0.4, -0.2) is 47.3 Å². The monoisotopic (exact) mass is 437 g/mol. The Kier molecular flexibility index (Phi) is 4.90. The van der Waals surface area contributed by atoms with Gasteiger partial charge in [-0.3, -0.25) is 9.89 Å². The summed E-state index contributed by atoms with van der Waals surface area (Å²) in [5, 5.41) is 7.75. The van der Waals surface area contributed by atoms with Gasteiger partial charge in [-0.2, -0.15) is 5.10 Å². The molecule has 1 N–H and O–H groups in total. The van der Waals surface area contributed by atoms with E-state index in [9.17, 15) is 9.18 Å². The van der Waals surface area contributed by atoms with E-state index in [1.54, 1.807) is 6.07 Å². The molecule has 1 amide bonds. The molecule has 4 aliphatic rings. The minimum Gasteiger partial charge on any atom is -0.378 e. The number of nitrogens with zero attached hydrogens (tertiary/aromatic N) is 2. The molecule has 5 nitrogen and oxygen atoms in total. The number of nitrogens with one attached hydrogen (secondary N) is 1. The maximum absolute atomic E-state index is 14.5. The van der Waals surface area contributed by atoms with E-state index in [1.165, 1.54) is 16.8 Å². The molecule has 32 heavy (non-hydrogen) atoms. The smallest absolute Gasteiger partial charge is 0.222 e. The molecule has 6 heteroatoms. The molecule has 6 rings (SSSR count). The molecule has 3 unspecified atom stereocenters. The van der Waals surface area contributed by atoms with Crippen LogP contribution < -0.4 is 0 Å². The minimum absolute atomic E-state index is 0.0391. The van der Waals surface area contributed by atoms with Crippen LogP contribution in [0.1, 0.15) is 73.2 Å². The van der Waals surface area contributed by atoms with Gasteiger partial charge in [0, 0.05) is 30.6 Å². The van der Waals surface area contributed by atoms with Gasteiger partial charge in [-0.15, -0.1) is 0 Å². The molecule has 1 saturated carbocycles. The van der Waals surface area contributed by atoms with Crippen LogP contribution in [0.25, 0.3) is 0 Å². The number of morpholine rings is 1. The SMILES string of the molecule is C[C@]12CCC3c4cccc(F)c4CCC3C1[C@H](CCC(=O)N1CCOCC1)c1cn[nH]c12. The Labute approximate surface area is 188 Å². The molecule has 5 atom stereocenters. The van der Waals surface area contributed by atoms with Gasteiger partial charge in [0.15, 0.2) is 0 Å². The summed E-state index contributed by atoms with van der Waals surface area (Å²) in [7, 11) is 0. The Balaban J connectivity index is 1.30. The van der Waals surface area contributed by atoms with Crippen molar-refractivity contribution in [2.75, 3.05) is 26.3 Å². The fraction of sp³-hybridized carbons (Fsp3) is 0.615. The quantitative estimate of drug-likeness (QED) is 0.779. The Morgan fingerprint density at radius 1 is 1.28 bits per heavy atom. The fourth-order valence-electron chi connectivity index (χ4n) is 7.67. The lowest BCUT2D eigenvalue weighted by atomic mass is 9.53. The Bertz CT molecular complexity index is 1030. The first kappa shape index (κ1) is 20.4. The number of fused-ring (bicyclic) bond motifs is 7. The third-order valence-electron chi connectivity index (χ3n) is 9.08. The van der Waals surface area contributed by atoms with Crippen LogP contribution in [-0.2, 0) is 21.4 Å². The number of hydrogen-bond acceptors (Lipinski definition) is 3. The molecule has 1 aromatic heterocycles. The largest absolute Gasteiger partial charge is 0.378 e. The summed E-state index contributed by atoms with van der Waals surface area (Å²) in [6.07, 6.45) is 7.47. The Morgan fingerprint density at radius 3 is 2.97 bits per heavy atom. The van der Waals surface area contributed by atoms with Gasteiger partial charge >= 0.3 is 0 Å². The number of carbonyl (C=O) groups is 1. The van der Waals surface area contributed by atoms with Crippen LogP contribution in [0.15, 0.2) is 24.4 Å². The molecule has 0 spiro atoms. The first-order valence-electron chi connectivity index (χ1n) is 12.2. The van der Waals surface area contributed by atoms with Gasteiger partial charge in [0.05, 0.1) is 19.4 Å². The second-order valence-electron chi connectivity index (χ2n) is 10.4. The second kappa shape index (κ2) is 7.68. The first-order chi connectivity index (χ1) is 15.6. The van der Waals surface area contributed by atoms with Crippen LogP contribution in [0, 0.1) is 17.7 Å². The number of amides is 1. The summed E-state index contributed by atoms with van der Waals surface area (Å²) in [4.78, 5) is 14.9. The van der Waals surface area contributed by atoms with Gasteiger partial charge in [0.25, 0.3) is 0 Å². The van der Waals surface area contributed by atoms with Gasteiger partial charge in [0.1, 0.15) is 5.82 Å². The molecule has 2 heterocycles. The summed E-state index contributed by atoms with van der Waals surface area (Å²) in [6.45, 7) is 5.09. The number of aromatic nitrogens is 2. The summed E-state index contributed by atoms with van der Waals surface area (Å²) in [6, 6.07) is 5.65. The number of H-pyrrole nitrogens is 1. The predicted octanol–water partition coefficient (Wildman–Crippen LogP) is 4.30. The van der Waals surface area contributed by atoms with Crippen molar-refractivity contribution >= 4 is 5.91 Å². The van der Waals surface area contributed by atoms with Crippen molar-refractivity contribution < 1.29 is 13.9 Å². The number of benzene rings is 1. The van der Waals surface area contributed by atoms with Crippen molar-refractivity contribution in [2.24, 2.45) is 11.8 Å². The third-order valence-corrected chi connectivity index (χ3v) is 9.08. The second-order valence-corrected chi connectivity index (χ2v) is 10.4. The van der Waals surface area contributed by atoms with E-state index in [0.29, 0.717) is 56.4 Å². The number of aromatic amines is 1. The van der Waals surface area contributed by atoms with Crippen LogP contribution in [0.4, 0.5) is 4.39 Å². The number of carbonyl (C=O) groups excluding carboxylic acids is 1. The van der Waals surface area contributed by atoms with Crippen molar-refractivity contribution in [3.8, 4) is 0 Å². The number of halogens is 1. The molecular formula is C26H32FN3O2. The first-order valence-corrected chi connectivity index (χ1v) is 12.2. The van der Waals surface area contributed by atoms with Crippen molar-refractivity contribution in [1.82, 2.24) is 15.1 Å². The van der Waals surface area contributed by atoms with Crippen LogP contribution in [0.2, 0.25) is 0 Å². The van der Waals surface area contributed by atoms with E-state index < -0.39 is 0 Å². The van der Waals surface area contributed by atoms with E-state index in [0.717, 1.165) is 37.7 Å². The topological polar surface area (TPSA) is 58.2 Å². The van der Waals surface area contributed by atoms with Crippen molar-refractivity contribution in [3.63, 3.8) is 0 Å². The molecule has 1 saturated heterocycles. The average Bonchev–Trinajstić information content (AvgIpc) is 3.39. The molecule has 2 aromatic rings. The standard InChI is InChI=1S/C26H32FN3O2/c1-26-10-9-17-16-3-2-4-22(27)18(16)5-6-19(17)24(26)20(21-15-28-29-25(21)26)7-8-23(31)30-11-13-32-14-12-30/h2-4,15,17,19-20,24H,5-14H2,1H3,(H,28,29)/t17?,19?,20-,24?,26+/m1/s1. The zero-order valence-corrected chi connectivity index (χ0v) is 18.8. The average molecular weight is 438 g/mol. The lowest BCUT2D eigenvalue weighted by molar-refractivity contribution is -0.135. The maximum Gasteiger partial charge on any atom is 0.222 e. The fourth-order valence-corrected chi connectivity index (χ4v) is 7.67. The van der Waals surface area contributed by atoms with Gasteiger partial charge in [0.2, 0.25) is 5.91 Å². The van der Waals surface area contributed by atoms with Gasteiger partial charge in [-0.05, 0) is 78.5 Å². The summed E-state index contributed by atoms with van der Waals surface area (Å²) in [5.74, 6) is 1.95. The molecule has 1 aromatic carbocycles.